The summed E-state index contributed by atoms with van der Waals surface area (Å²) in [6, 6.07) is 8.88. The smallest absolute Gasteiger partial charge is 0.149 e. The molecule has 0 atom stereocenters. The standard InChI is InChI=1S/C12H10Cl2N2O/c1-8(12-3-2-6-17-12)15-16-9-4-5-10(13)11(14)7-9/h2-7,16H,1H3/b15-8-. The Morgan fingerprint density at radius 1 is 1.24 bits per heavy atom. The van der Waals surface area contributed by atoms with E-state index >= 15 is 0 Å². The number of nitrogens with one attached hydrogen (secondary N) is 1. The molecule has 0 unspecified atom stereocenters. The fraction of sp³-hybridized carbons (Fsp3) is 0.0833. The third-order valence-corrected chi connectivity index (χ3v) is 2.89. The second-order valence-corrected chi connectivity index (χ2v) is 4.23. The highest BCUT2D eigenvalue weighted by Gasteiger charge is 2.01. The highest BCUT2D eigenvalue weighted by molar-refractivity contribution is 6.42. The van der Waals surface area contributed by atoms with Crippen molar-refractivity contribution in [1.82, 2.24) is 0 Å². The molecule has 0 bridgehead atoms. The van der Waals surface area contributed by atoms with E-state index in [1.54, 1.807) is 24.5 Å². The Hall–Kier alpha value is -1.45. The number of halogens is 2. The van der Waals surface area contributed by atoms with E-state index in [9.17, 15) is 0 Å². The number of hydrogen-bond acceptors (Lipinski definition) is 3. The summed E-state index contributed by atoms with van der Waals surface area (Å²) in [6.45, 7) is 1.85. The van der Waals surface area contributed by atoms with Crippen LogP contribution in [0.25, 0.3) is 0 Å². The van der Waals surface area contributed by atoms with Gasteiger partial charge in [0.2, 0.25) is 0 Å². The molecule has 0 aliphatic rings. The number of hydrogen-bond donors (Lipinski definition) is 1. The van der Waals surface area contributed by atoms with Crippen LogP contribution in [0.1, 0.15) is 12.7 Å². The van der Waals surface area contributed by atoms with Gasteiger partial charge in [-0.3, -0.25) is 5.43 Å². The predicted octanol–water partition coefficient (Wildman–Crippen LogP) is 4.42. The van der Waals surface area contributed by atoms with Crippen LogP contribution in [0.15, 0.2) is 46.1 Å². The lowest BCUT2D eigenvalue weighted by molar-refractivity contribution is 0.557. The van der Waals surface area contributed by atoms with Crippen LogP contribution in [0.3, 0.4) is 0 Å². The molecular weight excluding hydrogens is 259 g/mol. The molecule has 2 rings (SSSR count). The summed E-state index contributed by atoms with van der Waals surface area (Å²) in [5, 5.41) is 5.18. The van der Waals surface area contributed by atoms with Gasteiger partial charge in [0.05, 0.1) is 22.0 Å². The summed E-state index contributed by atoms with van der Waals surface area (Å²) in [5.41, 5.74) is 4.41. The first kappa shape index (κ1) is 12.0. The van der Waals surface area contributed by atoms with Crippen molar-refractivity contribution < 1.29 is 4.42 Å². The van der Waals surface area contributed by atoms with Crippen LogP contribution in [0.2, 0.25) is 10.0 Å². The molecule has 1 aromatic carbocycles. The summed E-state index contributed by atoms with van der Waals surface area (Å²) in [7, 11) is 0. The van der Waals surface area contributed by atoms with Crippen LogP contribution >= 0.6 is 23.2 Å². The van der Waals surface area contributed by atoms with Gasteiger partial charge in [-0.2, -0.15) is 5.10 Å². The van der Waals surface area contributed by atoms with Crippen LogP contribution in [0, 0.1) is 0 Å². The van der Waals surface area contributed by atoms with Gasteiger partial charge in [-0.05, 0) is 37.3 Å². The Balaban J connectivity index is 2.11. The van der Waals surface area contributed by atoms with Gasteiger partial charge >= 0.3 is 0 Å². The molecule has 88 valence electrons. The minimum Gasteiger partial charge on any atom is -0.463 e. The summed E-state index contributed by atoms with van der Waals surface area (Å²) in [5.74, 6) is 0.720. The van der Waals surface area contributed by atoms with Crippen LogP contribution < -0.4 is 5.43 Å². The predicted molar refractivity (Wildman–Crippen MR) is 71.0 cm³/mol. The molecule has 0 saturated heterocycles. The molecule has 3 nitrogen and oxygen atoms in total. The summed E-state index contributed by atoms with van der Waals surface area (Å²) < 4.78 is 5.21. The van der Waals surface area contributed by atoms with E-state index in [1.165, 1.54) is 0 Å². The SMILES string of the molecule is C/C(=N/Nc1ccc(Cl)c(Cl)c1)c1ccco1. The van der Waals surface area contributed by atoms with E-state index in [1.807, 2.05) is 19.1 Å². The van der Waals surface area contributed by atoms with E-state index in [0.29, 0.717) is 10.0 Å². The number of hydrazone groups is 1. The summed E-state index contributed by atoms with van der Waals surface area (Å²) in [6.07, 6.45) is 1.60. The van der Waals surface area contributed by atoms with Crippen LogP contribution in [0.4, 0.5) is 5.69 Å². The average molecular weight is 269 g/mol. The molecule has 1 N–H and O–H groups in total. The zero-order chi connectivity index (χ0) is 12.3. The number of rotatable bonds is 3. The molecule has 1 heterocycles. The highest BCUT2D eigenvalue weighted by atomic mass is 35.5. The lowest BCUT2D eigenvalue weighted by Gasteiger charge is -2.03. The molecular formula is C12H10Cl2N2O. The largest absolute Gasteiger partial charge is 0.463 e. The van der Waals surface area contributed by atoms with E-state index in [0.717, 1.165) is 17.2 Å². The van der Waals surface area contributed by atoms with Crippen molar-refractivity contribution in [2.24, 2.45) is 5.10 Å². The third kappa shape index (κ3) is 3.02. The third-order valence-electron chi connectivity index (χ3n) is 2.15. The topological polar surface area (TPSA) is 37.5 Å². The van der Waals surface area contributed by atoms with E-state index in [2.05, 4.69) is 10.5 Å². The first-order valence-electron chi connectivity index (χ1n) is 4.96. The Labute approximate surface area is 109 Å². The maximum Gasteiger partial charge on any atom is 0.149 e. The van der Waals surface area contributed by atoms with Gasteiger partial charge in [0, 0.05) is 0 Å². The number of anilines is 1. The lowest BCUT2D eigenvalue weighted by Crippen LogP contribution is -1.98. The van der Waals surface area contributed by atoms with Gasteiger partial charge < -0.3 is 4.42 Å². The van der Waals surface area contributed by atoms with Gasteiger partial charge in [-0.1, -0.05) is 23.2 Å². The van der Waals surface area contributed by atoms with Crippen molar-refractivity contribution in [3.8, 4) is 0 Å². The van der Waals surface area contributed by atoms with E-state index in [4.69, 9.17) is 27.6 Å². The van der Waals surface area contributed by atoms with Gasteiger partial charge in [0.25, 0.3) is 0 Å². The van der Waals surface area contributed by atoms with E-state index < -0.39 is 0 Å². The van der Waals surface area contributed by atoms with Crippen molar-refractivity contribution in [2.45, 2.75) is 6.92 Å². The fourth-order valence-corrected chi connectivity index (χ4v) is 1.55. The van der Waals surface area contributed by atoms with Crippen molar-refractivity contribution in [2.75, 3.05) is 5.43 Å². The lowest BCUT2D eigenvalue weighted by atomic mass is 10.3. The summed E-state index contributed by atoms with van der Waals surface area (Å²) >= 11 is 11.7. The molecule has 17 heavy (non-hydrogen) atoms. The Bertz CT molecular complexity index is 535. The maximum atomic E-state index is 5.89. The molecule has 0 fully saturated rings. The quantitative estimate of drug-likeness (QED) is 0.661. The second-order valence-electron chi connectivity index (χ2n) is 3.42. The molecule has 0 aliphatic carbocycles. The van der Waals surface area contributed by atoms with E-state index in [-0.39, 0.29) is 0 Å². The monoisotopic (exact) mass is 268 g/mol. The van der Waals surface area contributed by atoms with Crippen molar-refractivity contribution >= 4 is 34.6 Å². The zero-order valence-corrected chi connectivity index (χ0v) is 10.6. The molecule has 5 heteroatoms. The van der Waals surface area contributed by atoms with Crippen molar-refractivity contribution in [3.05, 3.63) is 52.4 Å². The molecule has 0 radical (unpaired) electrons. The molecule has 0 spiro atoms. The molecule has 0 saturated carbocycles. The minimum atomic E-state index is 0.488. The number of benzene rings is 1. The van der Waals surface area contributed by atoms with Gasteiger partial charge in [-0.25, -0.2) is 0 Å². The van der Waals surface area contributed by atoms with Crippen molar-refractivity contribution in [1.29, 1.82) is 0 Å². The van der Waals surface area contributed by atoms with Gasteiger partial charge in [-0.15, -0.1) is 0 Å². The van der Waals surface area contributed by atoms with Crippen LogP contribution in [-0.2, 0) is 0 Å². The van der Waals surface area contributed by atoms with Gasteiger partial charge in [0.15, 0.2) is 0 Å². The molecule has 1 aromatic heterocycles. The number of furan rings is 1. The van der Waals surface area contributed by atoms with Crippen LogP contribution in [0.5, 0.6) is 0 Å². The van der Waals surface area contributed by atoms with Gasteiger partial charge in [0.1, 0.15) is 11.5 Å². The average Bonchev–Trinajstić information content (AvgIpc) is 2.84. The highest BCUT2D eigenvalue weighted by Crippen LogP contribution is 2.25. The van der Waals surface area contributed by atoms with Crippen molar-refractivity contribution in [3.63, 3.8) is 0 Å². The van der Waals surface area contributed by atoms with Crippen LogP contribution in [-0.4, -0.2) is 5.71 Å². The first-order chi connectivity index (χ1) is 8.16. The Morgan fingerprint density at radius 2 is 2.06 bits per heavy atom. The molecule has 0 amide bonds. The minimum absolute atomic E-state index is 0.488. The first-order valence-corrected chi connectivity index (χ1v) is 5.71. The Kier molecular flexibility index (Phi) is 3.71. The second kappa shape index (κ2) is 5.25. The fourth-order valence-electron chi connectivity index (χ4n) is 1.25. The number of nitrogens with zero attached hydrogens (tertiary/aromatic N) is 1. The summed E-state index contributed by atoms with van der Waals surface area (Å²) in [4.78, 5) is 0. The Morgan fingerprint density at radius 3 is 2.71 bits per heavy atom. The normalized spacial score (nSPS) is 11.6. The molecule has 2 aromatic rings. The maximum absolute atomic E-state index is 5.89. The zero-order valence-electron chi connectivity index (χ0n) is 9.08. The molecule has 0 aliphatic heterocycles.